The Morgan fingerprint density at radius 2 is 2.13 bits per heavy atom. The lowest BCUT2D eigenvalue weighted by Gasteiger charge is -2.18. The second-order valence-electron chi connectivity index (χ2n) is 5.13. The standard InChI is InChI=1S/C16H16BrN3O2S/c1-23-15-12(4-2-8-19-15)16(21)20-9-6-11(10-20)22-14-13(17)5-3-7-18-14/h2-5,7-8,11H,6,9-10H2,1H3/t11-/m1/s1. The van der Waals surface area contributed by atoms with Crippen molar-refractivity contribution < 1.29 is 9.53 Å². The van der Waals surface area contributed by atoms with Crippen molar-refractivity contribution in [2.45, 2.75) is 17.6 Å². The molecule has 3 rings (SSSR count). The van der Waals surface area contributed by atoms with Gasteiger partial charge in [-0.3, -0.25) is 4.79 Å². The first-order valence-corrected chi connectivity index (χ1v) is 9.26. The normalized spacial score (nSPS) is 17.3. The van der Waals surface area contributed by atoms with Gasteiger partial charge in [-0.1, -0.05) is 0 Å². The SMILES string of the molecule is CSc1ncccc1C(=O)N1CC[C@@H](Oc2ncccc2Br)C1. The van der Waals surface area contributed by atoms with Gasteiger partial charge in [-0.2, -0.15) is 0 Å². The minimum absolute atomic E-state index is 0.00800. The minimum atomic E-state index is -0.0421. The molecule has 2 aromatic heterocycles. The van der Waals surface area contributed by atoms with Crippen LogP contribution < -0.4 is 4.74 Å². The minimum Gasteiger partial charge on any atom is -0.472 e. The summed E-state index contributed by atoms with van der Waals surface area (Å²) < 4.78 is 6.73. The molecule has 1 atom stereocenters. The van der Waals surface area contributed by atoms with E-state index in [4.69, 9.17) is 4.74 Å². The van der Waals surface area contributed by atoms with Crippen LogP contribution in [-0.4, -0.2) is 46.2 Å². The van der Waals surface area contributed by atoms with Crippen LogP contribution in [0, 0.1) is 0 Å². The molecular formula is C16H16BrN3O2S. The molecule has 5 nitrogen and oxygen atoms in total. The van der Waals surface area contributed by atoms with Crippen LogP contribution in [0.25, 0.3) is 0 Å². The van der Waals surface area contributed by atoms with Gasteiger partial charge in [0, 0.05) is 25.4 Å². The highest BCUT2D eigenvalue weighted by Crippen LogP contribution is 2.26. The zero-order valence-electron chi connectivity index (χ0n) is 12.6. The molecule has 0 bridgehead atoms. The molecule has 1 aliphatic heterocycles. The molecule has 23 heavy (non-hydrogen) atoms. The van der Waals surface area contributed by atoms with Crippen molar-refractivity contribution in [1.82, 2.24) is 14.9 Å². The molecule has 0 N–H and O–H groups in total. The summed E-state index contributed by atoms with van der Waals surface area (Å²) in [7, 11) is 0. The maximum Gasteiger partial charge on any atom is 0.256 e. The second-order valence-corrected chi connectivity index (χ2v) is 6.78. The van der Waals surface area contributed by atoms with E-state index in [1.54, 1.807) is 18.5 Å². The quantitative estimate of drug-likeness (QED) is 0.746. The molecule has 0 saturated carbocycles. The molecule has 0 aliphatic carbocycles. The maximum absolute atomic E-state index is 12.7. The van der Waals surface area contributed by atoms with Gasteiger partial charge < -0.3 is 9.64 Å². The Bertz CT molecular complexity index is 713. The number of pyridine rings is 2. The number of ether oxygens (including phenoxy) is 1. The molecule has 3 heterocycles. The summed E-state index contributed by atoms with van der Waals surface area (Å²) in [5.74, 6) is 0.576. The average Bonchev–Trinajstić information content (AvgIpc) is 3.05. The van der Waals surface area contributed by atoms with E-state index < -0.39 is 0 Å². The zero-order chi connectivity index (χ0) is 16.2. The third-order valence-corrected chi connectivity index (χ3v) is 4.95. The van der Waals surface area contributed by atoms with Gasteiger partial charge in [0.05, 0.1) is 16.6 Å². The Hall–Kier alpha value is -1.60. The molecular weight excluding hydrogens is 378 g/mol. The summed E-state index contributed by atoms with van der Waals surface area (Å²) in [6.45, 7) is 1.24. The predicted octanol–water partition coefficient (Wildman–Crippen LogP) is 3.25. The Balaban J connectivity index is 1.68. The number of thioether (sulfide) groups is 1. The van der Waals surface area contributed by atoms with Crippen molar-refractivity contribution >= 4 is 33.6 Å². The summed E-state index contributed by atoms with van der Waals surface area (Å²) in [5.41, 5.74) is 0.652. The van der Waals surface area contributed by atoms with Gasteiger partial charge in [0.15, 0.2) is 0 Å². The fourth-order valence-corrected chi connectivity index (χ4v) is 3.40. The van der Waals surface area contributed by atoms with Gasteiger partial charge in [0.25, 0.3) is 5.91 Å². The van der Waals surface area contributed by atoms with Gasteiger partial charge in [-0.05, 0) is 46.5 Å². The van der Waals surface area contributed by atoms with E-state index >= 15 is 0 Å². The predicted molar refractivity (Wildman–Crippen MR) is 92.9 cm³/mol. The molecule has 0 unspecified atom stereocenters. The van der Waals surface area contributed by atoms with Crippen LogP contribution in [0.5, 0.6) is 5.88 Å². The van der Waals surface area contributed by atoms with E-state index in [2.05, 4.69) is 25.9 Å². The molecule has 0 radical (unpaired) electrons. The lowest BCUT2D eigenvalue weighted by molar-refractivity contribution is 0.0766. The maximum atomic E-state index is 12.7. The van der Waals surface area contributed by atoms with Crippen molar-refractivity contribution in [3.63, 3.8) is 0 Å². The summed E-state index contributed by atoms with van der Waals surface area (Å²) in [4.78, 5) is 23.0. The molecule has 1 amide bonds. The summed E-state index contributed by atoms with van der Waals surface area (Å²) >= 11 is 4.91. The first-order chi connectivity index (χ1) is 11.2. The van der Waals surface area contributed by atoms with Gasteiger partial charge in [-0.15, -0.1) is 11.8 Å². The number of carbonyl (C=O) groups excluding carboxylic acids is 1. The number of hydrogen-bond donors (Lipinski definition) is 0. The molecule has 0 spiro atoms. The van der Waals surface area contributed by atoms with Crippen molar-refractivity contribution in [2.24, 2.45) is 0 Å². The number of nitrogens with zero attached hydrogens (tertiary/aromatic N) is 3. The highest BCUT2D eigenvalue weighted by Gasteiger charge is 2.30. The number of aromatic nitrogens is 2. The van der Waals surface area contributed by atoms with Crippen LogP contribution in [0.3, 0.4) is 0 Å². The van der Waals surface area contributed by atoms with Crippen molar-refractivity contribution in [2.75, 3.05) is 19.3 Å². The molecule has 1 saturated heterocycles. The number of carbonyl (C=O) groups is 1. The monoisotopic (exact) mass is 393 g/mol. The third-order valence-electron chi connectivity index (χ3n) is 3.63. The fourth-order valence-electron chi connectivity index (χ4n) is 2.51. The second kappa shape index (κ2) is 7.31. The number of hydrogen-bond acceptors (Lipinski definition) is 5. The van der Waals surface area contributed by atoms with E-state index in [1.807, 2.05) is 29.4 Å². The van der Waals surface area contributed by atoms with Crippen LogP contribution in [0.2, 0.25) is 0 Å². The van der Waals surface area contributed by atoms with Crippen LogP contribution in [-0.2, 0) is 0 Å². The van der Waals surface area contributed by atoms with E-state index in [1.165, 1.54) is 11.8 Å². The van der Waals surface area contributed by atoms with E-state index in [0.29, 0.717) is 24.5 Å². The van der Waals surface area contributed by atoms with E-state index in [-0.39, 0.29) is 12.0 Å². The molecule has 2 aromatic rings. The number of amides is 1. The zero-order valence-corrected chi connectivity index (χ0v) is 15.0. The highest BCUT2D eigenvalue weighted by atomic mass is 79.9. The van der Waals surface area contributed by atoms with Crippen LogP contribution in [0.15, 0.2) is 46.2 Å². The highest BCUT2D eigenvalue weighted by molar-refractivity contribution is 9.10. The first kappa shape index (κ1) is 16.3. The number of halogens is 1. The lowest BCUT2D eigenvalue weighted by Crippen LogP contribution is -2.31. The number of likely N-dealkylation sites (tertiary alicyclic amines) is 1. The average molecular weight is 394 g/mol. The Morgan fingerprint density at radius 3 is 2.91 bits per heavy atom. The smallest absolute Gasteiger partial charge is 0.256 e. The molecule has 120 valence electrons. The Kier molecular flexibility index (Phi) is 5.17. The van der Waals surface area contributed by atoms with Crippen molar-refractivity contribution in [3.8, 4) is 5.88 Å². The Morgan fingerprint density at radius 1 is 1.35 bits per heavy atom. The first-order valence-electron chi connectivity index (χ1n) is 7.24. The summed E-state index contributed by atoms with van der Waals surface area (Å²) in [6, 6.07) is 7.35. The number of rotatable bonds is 4. The van der Waals surface area contributed by atoms with Gasteiger partial charge in [0.1, 0.15) is 11.1 Å². The van der Waals surface area contributed by atoms with Crippen molar-refractivity contribution in [3.05, 3.63) is 46.7 Å². The van der Waals surface area contributed by atoms with E-state index in [0.717, 1.165) is 15.9 Å². The largest absolute Gasteiger partial charge is 0.472 e. The summed E-state index contributed by atoms with van der Waals surface area (Å²) in [5, 5.41) is 0.759. The molecule has 1 aliphatic rings. The van der Waals surface area contributed by atoms with Gasteiger partial charge in [0.2, 0.25) is 5.88 Å². The fraction of sp³-hybridized carbons (Fsp3) is 0.312. The van der Waals surface area contributed by atoms with Crippen LogP contribution in [0.1, 0.15) is 16.8 Å². The van der Waals surface area contributed by atoms with Gasteiger partial charge in [-0.25, -0.2) is 9.97 Å². The van der Waals surface area contributed by atoms with Crippen LogP contribution in [0.4, 0.5) is 0 Å². The molecule has 1 fully saturated rings. The van der Waals surface area contributed by atoms with Gasteiger partial charge >= 0.3 is 0 Å². The molecule has 0 aromatic carbocycles. The van der Waals surface area contributed by atoms with Crippen molar-refractivity contribution in [1.29, 1.82) is 0 Å². The Labute approximate surface area is 147 Å². The molecule has 7 heteroatoms. The summed E-state index contributed by atoms with van der Waals surface area (Å²) in [6.07, 6.45) is 6.08. The van der Waals surface area contributed by atoms with E-state index in [9.17, 15) is 4.79 Å². The third kappa shape index (κ3) is 3.67. The topological polar surface area (TPSA) is 55.3 Å². The van der Waals surface area contributed by atoms with Crippen LogP contribution >= 0.6 is 27.7 Å². The lowest BCUT2D eigenvalue weighted by atomic mass is 10.2.